The summed E-state index contributed by atoms with van der Waals surface area (Å²) < 4.78 is 9.16. The van der Waals surface area contributed by atoms with Crippen molar-refractivity contribution >= 4 is 36.1 Å². The molecular weight excluding hydrogens is 424 g/mol. The van der Waals surface area contributed by atoms with Crippen molar-refractivity contribution in [2.45, 2.75) is 32.4 Å². The quantitative estimate of drug-likeness (QED) is 0.337. The number of nitriles is 1. The smallest absolute Gasteiger partial charge is 0.339 e. The van der Waals surface area contributed by atoms with Gasteiger partial charge in [-0.2, -0.15) is 10.4 Å². The van der Waals surface area contributed by atoms with Crippen LogP contribution in [-0.2, 0) is 18.5 Å². The van der Waals surface area contributed by atoms with Crippen LogP contribution in [0, 0.1) is 11.3 Å². The minimum absolute atomic E-state index is 0.0566. The summed E-state index contributed by atoms with van der Waals surface area (Å²) in [4.78, 5) is 21.0. The fraction of sp³-hybridized carbons (Fsp3) is 0.318. The number of aryl methyl sites for hydroxylation is 1. The lowest BCUT2D eigenvalue weighted by molar-refractivity contribution is 0.0696. The standard InChI is InChI=1S/C22H24N6O3Si/c1-27-18-6-5-14(10-23)9-15(18)19(26-27)17-11-24-21-20(25-17)16(22(29)30)12-28(21)13-31-7-8-32(2,3)4/h5-6,9,11-12H,7-8,13H2,1-4H3,(H,29,30). The van der Waals surface area contributed by atoms with E-state index in [-0.39, 0.29) is 17.8 Å². The average Bonchev–Trinajstić information content (AvgIpc) is 3.27. The highest BCUT2D eigenvalue weighted by molar-refractivity contribution is 6.76. The van der Waals surface area contributed by atoms with E-state index in [0.29, 0.717) is 29.2 Å². The Morgan fingerprint density at radius 2 is 2.09 bits per heavy atom. The number of ether oxygens (including phenoxy) is 1. The van der Waals surface area contributed by atoms with Crippen LogP contribution in [0.3, 0.4) is 0 Å². The largest absolute Gasteiger partial charge is 0.478 e. The second-order valence-electron chi connectivity index (χ2n) is 8.91. The number of nitrogens with zero attached hydrogens (tertiary/aromatic N) is 6. The second-order valence-corrected chi connectivity index (χ2v) is 14.5. The third-order valence-corrected chi connectivity index (χ3v) is 6.95. The molecule has 0 saturated carbocycles. The summed E-state index contributed by atoms with van der Waals surface area (Å²) in [6, 6.07) is 8.46. The first-order valence-electron chi connectivity index (χ1n) is 10.2. The van der Waals surface area contributed by atoms with Crippen LogP contribution in [0.25, 0.3) is 33.5 Å². The summed E-state index contributed by atoms with van der Waals surface area (Å²) in [6.45, 7) is 7.65. The van der Waals surface area contributed by atoms with Gasteiger partial charge in [-0.15, -0.1) is 0 Å². The maximum atomic E-state index is 11.9. The normalized spacial score (nSPS) is 11.8. The first-order chi connectivity index (χ1) is 15.2. The first kappa shape index (κ1) is 21.7. The molecule has 0 spiro atoms. The Morgan fingerprint density at radius 1 is 1.31 bits per heavy atom. The van der Waals surface area contributed by atoms with Gasteiger partial charge in [0.1, 0.15) is 29.2 Å². The van der Waals surface area contributed by atoms with Crippen molar-refractivity contribution in [2.75, 3.05) is 6.61 Å². The number of hydrogen-bond acceptors (Lipinski definition) is 6. The van der Waals surface area contributed by atoms with E-state index < -0.39 is 14.0 Å². The van der Waals surface area contributed by atoms with Crippen LogP contribution in [0.2, 0.25) is 25.7 Å². The summed E-state index contributed by atoms with van der Waals surface area (Å²) >= 11 is 0. The van der Waals surface area contributed by atoms with Crippen molar-refractivity contribution in [3.63, 3.8) is 0 Å². The summed E-state index contributed by atoms with van der Waals surface area (Å²) in [5, 5.41) is 24.3. The SMILES string of the molecule is Cn1nc(-c2cnc3c(n2)c(C(=O)O)cn3COCC[Si](C)(C)C)c2cc(C#N)ccc21. The highest BCUT2D eigenvalue weighted by Gasteiger charge is 2.20. The molecule has 1 aromatic carbocycles. The average molecular weight is 449 g/mol. The van der Waals surface area contributed by atoms with E-state index in [1.165, 1.54) is 6.20 Å². The first-order valence-corrected chi connectivity index (χ1v) is 13.9. The number of aromatic carboxylic acids is 1. The number of carbonyl (C=O) groups is 1. The number of carboxylic acids is 1. The molecule has 32 heavy (non-hydrogen) atoms. The molecule has 4 rings (SSSR count). The van der Waals surface area contributed by atoms with Crippen molar-refractivity contribution in [1.29, 1.82) is 5.26 Å². The van der Waals surface area contributed by atoms with Gasteiger partial charge in [0.2, 0.25) is 0 Å². The molecule has 0 amide bonds. The van der Waals surface area contributed by atoms with Gasteiger partial charge in [0, 0.05) is 33.3 Å². The Hall–Kier alpha value is -3.55. The molecule has 0 radical (unpaired) electrons. The van der Waals surface area contributed by atoms with Crippen LogP contribution < -0.4 is 0 Å². The van der Waals surface area contributed by atoms with Crippen molar-refractivity contribution in [3.8, 4) is 17.5 Å². The van der Waals surface area contributed by atoms with Gasteiger partial charge in [-0.3, -0.25) is 4.68 Å². The van der Waals surface area contributed by atoms with E-state index >= 15 is 0 Å². The van der Waals surface area contributed by atoms with Crippen LogP contribution in [0.1, 0.15) is 15.9 Å². The van der Waals surface area contributed by atoms with Crippen LogP contribution in [-0.4, -0.2) is 50.1 Å². The van der Waals surface area contributed by atoms with Crippen molar-refractivity contribution in [3.05, 3.63) is 41.7 Å². The number of fused-ring (bicyclic) bond motifs is 2. The fourth-order valence-corrected chi connectivity index (χ4v) is 4.24. The van der Waals surface area contributed by atoms with E-state index in [2.05, 4.69) is 40.8 Å². The zero-order valence-corrected chi connectivity index (χ0v) is 19.5. The van der Waals surface area contributed by atoms with E-state index in [9.17, 15) is 15.2 Å². The van der Waals surface area contributed by atoms with Gasteiger partial charge in [-0.25, -0.2) is 14.8 Å². The van der Waals surface area contributed by atoms with Gasteiger partial charge >= 0.3 is 5.97 Å². The molecular formula is C22H24N6O3Si. The zero-order valence-electron chi connectivity index (χ0n) is 18.5. The molecule has 0 fully saturated rings. The third kappa shape index (κ3) is 4.12. The fourth-order valence-electron chi connectivity index (χ4n) is 3.49. The van der Waals surface area contributed by atoms with E-state index in [1.807, 2.05) is 6.07 Å². The molecule has 10 heteroatoms. The van der Waals surface area contributed by atoms with Crippen LogP contribution in [0.5, 0.6) is 0 Å². The highest BCUT2D eigenvalue weighted by atomic mass is 28.3. The number of aromatic nitrogens is 5. The highest BCUT2D eigenvalue weighted by Crippen LogP contribution is 2.29. The summed E-state index contributed by atoms with van der Waals surface area (Å²) in [5.41, 5.74) is 3.11. The zero-order chi connectivity index (χ0) is 23.0. The van der Waals surface area contributed by atoms with Gasteiger partial charge in [0.15, 0.2) is 5.65 Å². The maximum Gasteiger partial charge on any atom is 0.339 e. The molecule has 0 saturated heterocycles. The Morgan fingerprint density at radius 3 is 2.78 bits per heavy atom. The number of rotatable bonds is 7. The lowest BCUT2D eigenvalue weighted by atomic mass is 10.1. The van der Waals surface area contributed by atoms with Crippen LogP contribution in [0.15, 0.2) is 30.6 Å². The maximum absolute atomic E-state index is 11.9. The molecule has 0 aliphatic rings. The van der Waals surface area contributed by atoms with Gasteiger partial charge < -0.3 is 14.4 Å². The van der Waals surface area contributed by atoms with Gasteiger partial charge in [0.25, 0.3) is 0 Å². The summed E-state index contributed by atoms with van der Waals surface area (Å²) in [7, 11) is 0.587. The molecule has 0 bridgehead atoms. The lowest BCUT2D eigenvalue weighted by Gasteiger charge is -2.15. The molecule has 164 valence electrons. The molecule has 9 nitrogen and oxygen atoms in total. The Balaban J connectivity index is 1.75. The summed E-state index contributed by atoms with van der Waals surface area (Å²) in [6.07, 6.45) is 3.09. The third-order valence-electron chi connectivity index (χ3n) is 5.24. The Kier molecular flexibility index (Phi) is 5.54. The lowest BCUT2D eigenvalue weighted by Crippen LogP contribution is -2.22. The molecule has 3 heterocycles. The van der Waals surface area contributed by atoms with E-state index in [0.717, 1.165) is 16.9 Å². The number of hydrogen-bond donors (Lipinski definition) is 1. The molecule has 0 unspecified atom stereocenters. The number of benzene rings is 1. The van der Waals surface area contributed by atoms with Crippen molar-refractivity contribution < 1.29 is 14.6 Å². The molecule has 1 N–H and O–H groups in total. The predicted octanol–water partition coefficient (Wildman–Crippen LogP) is 3.87. The monoisotopic (exact) mass is 448 g/mol. The molecule has 0 atom stereocenters. The Bertz CT molecular complexity index is 1380. The molecule has 3 aromatic heterocycles. The van der Waals surface area contributed by atoms with Crippen LogP contribution >= 0.6 is 0 Å². The molecule has 4 aromatic rings. The van der Waals surface area contributed by atoms with Gasteiger partial charge in [-0.05, 0) is 24.2 Å². The van der Waals surface area contributed by atoms with Crippen LogP contribution in [0.4, 0.5) is 0 Å². The number of carboxylic acid groups (broad SMARTS) is 1. The molecule has 0 aliphatic carbocycles. The topological polar surface area (TPSA) is 119 Å². The van der Waals surface area contributed by atoms with Gasteiger partial charge in [0.05, 0.1) is 23.3 Å². The van der Waals surface area contributed by atoms with Crippen molar-refractivity contribution in [2.24, 2.45) is 7.05 Å². The van der Waals surface area contributed by atoms with Gasteiger partial charge in [-0.1, -0.05) is 19.6 Å². The molecule has 0 aliphatic heterocycles. The Labute approximate surface area is 185 Å². The minimum atomic E-state index is -1.22. The predicted molar refractivity (Wildman–Crippen MR) is 123 cm³/mol. The van der Waals surface area contributed by atoms with E-state index in [1.54, 1.807) is 34.6 Å². The van der Waals surface area contributed by atoms with E-state index in [4.69, 9.17) is 4.74 Å². The van der Waals surface area contributed by atoms with Crippen molar-refractivity contribution in [1.82, 2.24) is 24.3 Å². The summed E-state index contributed by atoms with van der Waals surface area (Å²) in [5.74, 6) is -1.08. The second kappa shape index (κ2) is 8.18. The minimum Gasteiger partial charge on any atom is -0.478 e.